The Balaban J connectivity index is 2.39. The molecule has 0 aliphatic rings. The van der Waals surface area contributed by atoms with E-state index in [1.165, 1.54) is 6.33 Å². The zero-order valence-corrected chi connectivity index (χ0v) is 9.20. The van der Waals surface area contributed by atoms with Crippen LogP contribution in [-0.4, -0.2) is 25.5 Å². The van der Waals surface area contributed by atoms with Crippen LogP contribution in [0, 0.1) is 0 Å². The molecule has 2 aromatic rings. The van der Waals surface area contributed by atoms with Gasteiger partial charge in [0.1, 0.15) is 11.8 Å². The summed E-state index contributed by atoms with van der Waals surface area (Å²) >= 11 is 0. The summed E-state index contributed by atoms with van der Waals surface area (Å²) in [5.74, 6) is 0.810. The smallest absolute Gasteiger partial charge is 0.182 e. The van der Waals surface area contributed by atoms with Crippen molar-refractivity contribution in [2.45, 2.75) is 32.7 Å². The Morgan fingerprint density at radius 1 is 1.33 bits per heavy atom. The number of H-pyrrole nitrogens is 1. The first-order valence-corrected chi connectivity index (χ1v) is 5.04. The largest absolute Gasteiger partial charge is 0.363 e. The lowest BCUT2D eigenvalue weighted by molar-refractivity contribution is 0.545. The molecule has 0 spiro atoms. The van der Waals surface area contributed by atoms with Gasteiger partial charge in [-0.2, -0.15) is 0 Å². The van der Waals surface area contributed by atoms with Gasteiger partial charge in [-0.25, -0.2) is 15.0 Å². The zero-order valence-electron chi connectivity index (χ0n) is 9.20. The van der Waals surface area contributed by atoms with Crippen LogP contribution in [0.3, 0.4) is 0 Å². The second-order valence-electron chi connectivity index (χ2n) is 4.19. The van der Waals surface area contributed by atoms with E-state index in [4.69, 9.17) is 0 Å². The van der Waals surface area contributed by atoms with Gasteiger partial charge in [0.25, 0.3) is 0 Å². The number of imidazole rings is 1. The molecule has 0 bridgehead atoms. The first-order chi connectivity index (χ1) is 7.12. The van der Waals surface area contributed by atoms with Gasteiger partial charge in [0.15, 0.2) is 11.5 Å². The van der Waals surface area contributed by atoms with Crippen molar-refractivity contribution in [3.63, 3.8) is 0 Å². The Hall–Kier alpha value is -1.65. The van der Waals surface area contributed by atoms with Crippen molar-refractivity contribution in [2.24, 2.45) is 0 Å². The third kappa shape index (κ3) is 1.91. The third-order valence-corrected chi connectivity index (χ3v) is 2.56. The highest BCUT2D eigenvalue weighted by Crippen LogP contribution is 2.20. The molecule has 2 aromatic heterocycles. The Labute approximate surface area is 88.4 Å². The molecule has 0 amide bonds. The second kappa shape index (κ2) is 3.49. The maximum absolute atomic E-state index is 4.22. The lowest BCUT2D eigenvalue weighted by Crippen LogP contribution is -2.30. The molecule has 0 radical (unpaired) electrons. The van der Waals surface area contributed by atoms with Gasteiger partial charge < -0.3 is 10.3 Å². The molecule has 80 valence electrons. The van der Waals surface area contributed by atoms with Gasteiger partial charge in [-0.3, -0.25) is 0 Å². The fourth-order valence-corrected chi connectivity index (χ4v) is 1.27. The summed E-state index contributed by atoms with van der Waals surface area (Å²) in [5, 5.41) is 3.37. The number of nitrogens with one attached hydrogen (secondary N) is 2. The molecular formula is C10H15N5. The Morgan fingerprint density at radius 3 is 2.87 bits per heavy atom. The van der Waals surface area contributed by atoms with Crippen LogP contribution in [0.1, 0.15) is 27.2 Å². The number of fused-ring (bicyclic) bond motifs is 1. The Kier molecular flexibility index (Phi) is 2.30. The fourth-order valence-electron chi connectivity index (χ4n) is 1.27. The molecule has 0 atom stereocenters. The molecule has 0 saturated carbocycles. The lowest BCUT2D eigenvalue weighted by atomic mass is 10.0. The highest BCUT2D eigenvalue weighted by atomic mass is 15.1. The van der Waals surface area contributed by atoms with Gasteiger partial charge in [0.05, 0.1) is 6.33 Å². The fraction of sp³-hybridized carbons (Fsp3) is 0.500. The predicted molar refractivity (Wildman–Crippen MR) is 59.7 cm³/mol. The number of hydrogen-bond donors (Lipinski definition) is 2. The monoisotopic (exact) mass is 205 g/mol. The van der Waals surface area contributed by atoms with Crippen LogP contribution in [0.15, 0.2) is 12.7 Å². The molecule has 0 saturated heterocycles. The number of aromatic nitrogens is 4. The lowest BCUT2D eigenvalue weighted by Gasteiger charge is -2.25. The first kappa shape index (κ1) is 9.89. The van der Waals surface area contributed by atoms with Crippen molar-refractivity contribution < 1.29 is 0 Å². The van der Waals surface area contributed by atoms with Crippen molar-refractivity contribution >= 4 is 17.0 Å². The van der Waals surface area contributed by atoms with Crippen LogP contribution in [0.5, 0.6) is 0 Å². The molecule has 0 fully saturated rings. The van der Waals surface area contributed by atoms with Crippen molar-refractivity contribution in [2.75, 3.05) is 5.32 Å². The summed E-state index contributed by atoms with van der Waals surface area (Å²) in [7, 11) is 0. The van der Waals surface area contributed by atoms with E-state index in [0.717, 1.165) is 17.8 Å². The van der Waals surface area contributed by atoms with E-state index in [9.17, 15) is 0 Å². The van der Waals surface area contributed by atoms with Gasteiger partial charge >= 0.3 is 0 Å². The minimum atomic E-state index is 0.0202. The van der Waals surface area contributed by atoms with Crippen molar-refractivity contribution in [1.29, 1.82) is 0 Å². The van der Waals surface area contributed by atoms with Crippen LogP contribution in [0.2, 0.25) is 0 Å². The molecule has 0 aromatic carbocycles. The van der Waals surface area contributed by atoms with E-state index in [-0.39, 0.29) is 5.54 Å². The molecule has 2 rings (SSSR count). The van der Waals surface area contributed by atoms with Crippen molar-refractivity contribution in [3.8, 4) is 0 Å². The van der Waals surface area contributed by atoms with Crippen LogP contribution in [0.4, 0.5) is 5.82 Å². The van der Waals surface area contributed by atoms with Crippen LogP contribution < -0.4 is 5.32 Å². The highest BCUT2D eigenvalue weighted by Gasteiger charge is 2.17. The minimum absolute atomic E-state index is 0.0202. The van der Waals surface area contributed by atoms with Gasteiger partial charge in [-0.15, -0.1) is 0 Å². The number of anilines is 1. The zero-order chi connectivity index (χ0) is 10.9. The predicted octanol–water partition coefficient (Wildman–Crippen LogP) is 1.95. The second-order valence-corrected chi connectivity index (χ2v) is 4.19. The quantitative estimate of drug-likeness (QED) is 0.803. The standard InChI is InChI=1S/C10H15N5/c1-4-10(2,3)15-9-7-8(12-5-11-7)13-6-14-9/h5-6H,4H2,1-3H3,(H2,11,12,13,14,15). The number of hydrogen-bond acceptors (Lipinski definition) is 4. The number of rotatable bonds is 3. The molecular weight excluding hydrogens is 190 g/mol. The average Bonchev–Trinajstić information content (AvgIpc) is 2.66. The van der Waals surface area contributed by atoms with E-state index in [2.05, 4.69) is 46.0 Å². The van der Waals surface area contributed by atoms with Crippen molar-refractivity contribution in [1.82, 2.24) is 19.9 Å². The summed E-state index contributed by atoms with van der Waals surface area (Å²) in [6, 6.07) is 0. The number of nitrogens with zero attached hydrogens (tertiary/aromatic N) is 3. The Morgan fingerprint density at radius 2 is 2.13 bits per heavy atom. The van der Waals surface area contributed by atoms with E-state index >= 15 is 0 Å². The average molecular weight is 205 g/mol. The van der Waals surface area contributed by atoms with E-state index in [1.807, 2.05) is 0 Å². The summed E-state index contributed by atoms with van der Waals surface area (Å²) in [6.07, 6.45) is 4.17. The molecule has 0 unspecified atom stereocenters. The summed E-state index contributed by atoms with van der Waals surface area (Å²) in [5.41, 5.74) is 1.57. The molecule has 0 aliphatic carbocycles. The molecule has 2 N–H and O–H groups in total. The summed E-state index contributed by atoms with van der Waals surface area (Å²) < 4.78 is 0. The maximum Gasteiger partial charge on any atom is 0.182 e. The number of aromatic amines is 1. The van der Waals surface area contributed by atoms with Crippen LogP contribution in [-0.2, 0) is 0 Å². The van der Waals surface area contributed by atoms with Gasteiger partial charge in [0.2, 0.25) is 0 Å². The van der Waals surface area contributed by atoms with Crippen molar-refractivity contribution in [3.05, 3.63) is 12.7 Å². The van der Waals surface area contributed by atoms with Crippen LogP contribution >= 0.6 is 0 Å². The molecule has 5 nitrogen and oxygen atoms in total. The molecule has 0 aliphatic heterocycles. The highest BCUT2D eigenvalue weighted by molar-refractivity contribution is 5.82. The summed E-state index contributed by atoms with van der Waals surface area (Å²) in [6.45, 7) is 6.41. The van der Waals surface area contributed by atoms with Gasteiger partial charge in [0, 0.05) is 5.54 Å². The first-order valence-electron chi connectivity index (χ1n) is 5.04. The Bertz CT molecular complexity index is 460. The van der Waals surface area contributed by atoms with Crippen LogP contribution in [0.25, 0.3) is 11.2 Å². The molecule has 15 heavy (non-hydrogen) atoms. The topological polar surface area (TPSA) is 66.5 Å². The SMILES string of the molecule is CCC(C)(C)Nc1ncnc2nc[nH]c12. The van der Waals surface area contributed by atoms with E-state index < -0.39 is 0 Å². The van der Waals surface area contributed by atoms with E-state index in [0.29, 0.717) is 5.65 Å². The third-order valence-electron chi connectivity index (χ3n) is 2.56. The van der Waals surface area contributed by atoms with Gasteiger partial charge in [-0.05, 0) is 20.3 Å². The maximum atomic E-state index is 4.22. The summed E-state index contributed by atoms with van der Waals surface area (Å²) in [4.78, 5) is 15.4. The normalized spacial score (nSPS) is 11.9. The molecule has 2 heterocycles. The van der Waals surface area contributed by atoms with Gasteiger partial charge in [-0.1, -0.05) is 6.92 Å². The van der Waals surface area contributed by atoms with E-state index in [1.54, 1.807) is 6.33 Å². The molecule has 5 heteroatoms. The minimum Gasteiger partial charge on any atom is -0.363 e.